The Balaban J connectivity index is 1.55. The zero-order valence-corrected chi connectivity index (χ0v) is 28.8. The first-order valence-electron chi connectivity index (χ1n) is 17.7. The van der Waals surface area contributed by atoms with Crippen LogP contribution in [0.3, 0.4) is 0 Å². The van der Waals surface area contributed by atoms with Crippen LogP contribution >= 0.6 is 0 Å². The fourth-order valence-electron chi connectivity index (χ4n) is 5.01. The summed E-state index contributed by atoms with van der Waals surface area (Å²) in [6.07, 6.45) is 37.7. The van der Waals surface area contributed by atoms with E-state index in [1.165, 1.54) is 0 Å². The number of carbonyl (C=O) groups is 2. The SMILES string of the molecule is CCC=CCC=CCC=CCC=CCC=CCC=CCCC(=O)NCCN(CCCN1CCNCC1)CCNC(=O)c1cccnc1. The standard InChI is InChI=1S/C39H60N6O2/c1-2-3-4-5-6-7-8-9-10-11-12-13-14-15-16-17-18-19-20-24-38(46)42-28-34-45(31-22-30-44-32-26-40-27-33-44)35-29-43-39(47)37-23-21-25-41-36-37/h3-4,6-7,9-10,12-13,15-16,18-19,21,23,25,36,40H,2,5,8,11,14,17,20,22,24,26-35H2,1H3,(H,42,46)(H,43,47). The van der Waals surface area contributed by atoms with E-state index < -0.39 is 0 Å². The molecule has 1 aromatic heterocycles. The average Bonchev–Trinajstić information content (AvgIpc) is 3.10. The highest BCUT2D eigenvalue weighted by atomic mass is 16.2. The molecule has 1 aliphatic heterocycles. The van der Waals surface area contributed by atoms with Crippen LogP contribution in [0.15, 0.2) is 97.4 Å². The van der Waals surface area contributed by atoms with E-state index in [2.05, 4.69) is 111 Å². The number of hydrogen-bond donors (Lipinski definition) is 3. The Hall–Kier alpha value is -3.59. The van der Waals surface area contributed by atoms with E-state index in [1.807, 2.05) is 0 Å². The lowest BCUT2D eigenvalue weighted by molar-refractivity contribution is -0.121. The lowest BCUT2D eigenvalue weighted by Gasteiger charge is -2.29. The molecule has 1 aromatic rings. The van der Waals surface area contributed by atoms with E-state index in [9.17, 15) is 9.59 Å². The van der Waals surface area contributed by atoms with Crippen molar-refractivity contribution in [2.75, 3.05) is 65.4 Å². The van der Waals surface area contributed by atoms with Gasteiger partial charge in [0.15, 0.2) is 0 Å². The van der Waals surface area contributed by atoms with Gasteiger partial charge in [0.25, 0.3) is 5.91 Å². The Kier molecular flexibility index (Phi) is 24.1. The lowest BCUT2D eigenvalue weighted by Crippen LogP contribution is -2.45. The highest BCUT2D eigenvalue weighted by molar-refractivity contribution is 5.93. The summed E-state index contributed by atoms with van der Waals surface area (Å²) in [7, 11) is 0. The Morgan fingerprint density at radius 2 is 1.38 bits per heavy atom. The van der Waals surface area contributed by atoms with Gasteiger partial charge in [-0.1, -0.05) is 79.8 Å². The van der Waals surface area contributed by atoms with Crippen molar-refractivity contribution >= 4 is 11.8 Å². The van der Waals surface area contributed by atoms with Gasteiger partial charge in [0.2, 0.25) is 5.91 Å². The van der Waals surface area contributed by atoms with Crippen LogP contribution in [0.2, 0.25) is 0 Å². The Bertz CT molecular complexity index is 1120. The van der Waals surface area contributed by atoms with Gasteiger partial charge in [0, 0.05) is 71.2 Å². The van der Waals surface area contributed by atoms with Crippen molar-refractivity contribution in [2.45, 2.75) is 64.7 Å². The van der Waals surface area contributed by atoms with E-state index in [-0.39, 0.29) is 11.8 Å². The molecule has 2 heterocycles. The van der Waals surface area contributed by atoms with Crippen molar-refractivity contribution in [3.8, 4) is 0 Å². The minimum absolute atomic E-state index is 0.0789. The Morgan fingerprint density at radius 1 is 0.809 bits per heavy atom. The molecule has 8 heteroatoms. The topological polar surface area (TPSA) is 89.6 Å². The van der Waals surface area contributed by atoms with E-state index in [1.54, 1.807) is 24.5 Å². The molecule has 258 valence electrons. The van der Waals surface area contributed by atoms with E-state index >= 15 is 0 Å². The molecule has 0 radical (unpaired) electrons. The summed E-state index contributed by atoms with van der Waals surface area (Å²) < 4.78 is 0. The fourth-order valence-corrected chi connectivity index (χ4v) is 5.01. The van der Waals surface area contributed by atoms with Gasteiger partial charge in [-0.2, -0.15) is 0 Å². The molecular formula is C39H60N6O2. The van der Waals surface area contributed by atoms with Crippen molar-refractivity contribution < 1.29 is 9.59 Å². The van der Waals surface area contributed by atoms with Gasteiger partial charge in [-0.3, -0.25) is 19.5 Å². The molecular weight excluding hydrogens is 584 g/mol. The van der Waals surface area contributed by atoms with Crippen LogP contribution in [-0.4, -0.2) is 92.0 Å². The second-order valence-corrected chi connectivity index (χ2v) is 11.6. The number of carbonyl (C=O) groups excluding carboxylic acids is 2. The van der Waals surface area contributed by atoms with Crippen molar-refractivity contribution in [1.29, 1.82) is 0 Å². The lowest BCUT2D eigenvalue weighted by atomic mass is 10.2. The highest BCUT2D eigenvalue weighted by Crippen LogP contribution is 2.00. The van der Waals surface area contributed by atoms with Crippen LogP contribution in [0.5, 0.6) is 0 Å². The van der Waals surface area contributed by atoms with E-state index in [0.717, 1.165) is 104 Å². The summed E-state index contributed by atoms with van der Waals surface area (Å²) in [6, 6.07) is 3.53. The van der Waals surface area contributed by atoms with Crippen LogP contribution in [-0.2, 0) is 4.79 Å². The van der Waals surface area contributed by atoms with Crippen molar-refractivity contribution in [3.63, 3.8) is 0 Å². The van der Waals surface area contributed by atoms with Crippen LogP contribution in [0.25, 0.3) is 0 Å². The van der Waals surface area contributed by atoms with Crippen LogP contribution in [0, 0.1) is 0 Å². The maximum atomic E-state index is 12.4. The molecule has 0 unspecified atom stereocenters. The second kappa shape index (κ2) is 28.6. The van der Waals surface area contributed by atoms with Crippen molar-refractivity contribution in [2.24, 2.45) is 0 Å². The summed E-state index contributed by atoms with van der Waals surface area (Å²) >= 11 is 0. The number of nitrogens with one attached hydrogen (secondary N) is 3. The average molecular weight is 645 g/mol. The smallest absolute Gasteiger partial charge is 0.252 e. The van der Waals surface area contributed by atoms with Gasteiger partial charge >= 0.3 is 0 Å². The van der Waals surface area contributed by atoms with Gasteiger partial charge in [-0.25, -0.2) is 0 Å². The van der Waals surface area contributed by atoms with Gasteiger partial charge < -0.3 is 20.9 Å². The number of nitrogens with zero attached hydrogens (tertiary/aromatic N) is 3. The minimum atomic E-state index is -0.110. The van der Waals surface area contributed by atoms with Crippen LogP contribution in [0.1, 0.15) is 75.1 Å². The summed E-state index contributed by atoms with van der Waals surface area (Å²) in [4.78, 5) is 33.7. The number of pyridine rings is 1. The fraction of sp³-hybridized carbons (Fsp3) is 0.513. The number of rotatable bonds is 25. The van der Waals surface area contributed by atoms with Gasteiger partial charge in [0.05, 0.1) is 5.56 Å². The maximum Gasteiger partial charge on any atom is 0.252 e. The number of allylic oxidation sites excluding steroid dienone is 12. The number of piperazine rings is 1. The molecule has 0 aromatic carbocycles. The largest absolute Gasteiger partial charge is 0.355 e. The number of hydrogen-bond acceptors (Lipinski definition) is 6. The second-order valence-electron chi connectivity index (χ2n) is 11.6. The minimum Gasteiger partial charge on any atom is -0.355 e. The summed E-state index contributed by atoms with van der Waals surface area (Å²) in [6.45, 7) is 11.1. The van der Waals surface area contributed by atoms with Gasteiger partial charge in [-0.05, 0) is 76.6 Å². The molecule has 1 saturated heterocycles. The third-order valence-electron chi connectivity index (χ3n) is 7.68. The molecule has 47 heavy (non-hydrogen) atoms. The third kappa shape index (κ3) is 22.6. The van der Waals surface area contributed by atoms with E-state index in [0.29, 0.717) is 25.1 Å². The summed E-state index contributed by atoms with van der Waals surface area (Å²) in [5.74, 6) is -0.0308. The van der Waals surface area contributed by atoms with Crippen molar-refractivity contribution in [1.82, 2.24) is 30.7 Å². The Morgan fingerprint density at radius 3 is 1.96 bits per heavy atom. The Labute approximate surface area is 284 Å². The molecule has 0 spiro atoms. The highest BCUT2D eigenvalue weighted by Gasteiger charge is 2.12. The first-order chi connectivity index (χ1) is 23.2. The zero-order valence-electron chi connectivity index (χ0n) is 28.8. The first-order valence-corrected chi connectivity index (χ1v) is 17.7. The maximum absolute atomic E-state index is 12.4. The molecule has 2 rings (SSSR count). The normalized spacial score (nSPS) is 14.7. The molecule has 0 saturated carbocycles. The van der Waals surface area contributed by atoms with Crippen LogP contribution in [0.4, 0.5) is 0 Å². The zero-order chi connectivity index (χ0) is 33.5. The third-order valence-corrected chi connectivity index (χ3v) is 7.68. The molecule has 0 bridgehead atoms. The first kappa shape index (κ1) is 39.6. The summed E-state index contributed by atoms with van der Waals surface area (Å²) in [5.41, 5.74) is 0.567. The number of aromatic nitrogens is 1. The molecule has 0 atom stereocenters. The predicted octanol–water partition coefficient (Wildman–Crippen LogP) is 6.00. The number of amides is 2. The molecule has 1 aliphatic rings. The van der Waals surface area contributed by atoms with Crippen LogP contribution < -0.4 is 16.0 Å². The molecule has 1 fully saturated rings. The van der Waals surface area contributed by atoms with Gasteiger partial charge in [-0.15, -0.1) is 0 Å². The molecule has 0 aliphatic carbocycles. The predicted molar refractivity (Wildman–Crippen MR) is 197 cm³/mol. The molecule has 3 N–H and O–H groups in total. The monoisotopic (exact) mass is 644 g/mol. The van der Waals surface area contributed by atoms with E-state index in [4.69, 9.17) is 0 Å². The van der Waals surface area contributed by atoms with Crippen molar-refractivity contribution in [3.05, 3.63) is 103 Å². The quantitative estimate of drug-likeness (QED) is 0.113. The molecule has 8 nitrogen and oxygen atoms in total. The molecule has 2 amide bonds. The van der Waals surface area contributed by atoms with Gasteiger partial charge in [0.1, 0.15) is 0 Å². The summed E-state index contributed by atoms with van der Waals surface area (Å²) in [5, 5.41) is 9.47.